The third kappa shape index (κ3) is 10.5. The second-order valence-electron chi connectivity index (χ2n) is 6.20. The van der Waals surface area contributed by atoms with Crippen LogP contribution < -0.4 is 4.74 Å². The van der Waals surface area contributed by atoms with Crippen molar-refractivity contribution in [3.8, 4) is 5.75 Å². The van der Waals surface area contributed by atoms with Crippen molar-refractivity contribution in [2.75, 3.05) is 13.2 Å². The Morgan fingerprint density at radius 1 is 0.923 bits per heavy atom. The lowest BCUT2D eigenvalue weighted by atomic mass is 10.1. The summed E-state index contributed by atoms with van der Waals surface area (Å²) in [7, 11) is 0. The molecule has 26 heavy (non-hydrogen) atoms. The lowest BCUT2D eigenvalue weighted by Crippen LogP contribution is -2.09. The minimum Gasteiger partial charge on any atom is -0.493 e. The van der Waals surface area contributed by atoms with Gasteiger partial charge in [0, 0.05) is 12.8 Å². The normalized spacial score (nSPS) is 10.3. The first kappa shape index (κ1) is 21.7. The van der Waals surface area contributed by atoms with E-state index in [2.05, 4.69) is 6.58 Å². The van der Waals surface area contributed by atoms with Gasteiger partial charge in [-0.05, 0) is 43.5 Å². The molecule has 0 aromatic heterocycles. The van der Waals surface area contributed by atoms with Crippen molar-refractivity contribution >= 4 is 11.9 Å². The van der Waals surface area contributed by atoms with E-state index in [1.807, 2.05) is 6.08 Å². The van der Waals surface area contributed by atoms with Gasteiger partial charge >= 0.3 is 11.9 Å². The Morgan fingerprint density at radius 2 is 1.58 bits per heavy atom. The molecule has 1 rings (SSSR count). The quantitative estimate of drug-likeness (QED) is 0.270. The topological polar surface area (TPSA) is 72.8 Å². The third-order valence-corrected chi connectivity index (χ3v) is 3.96. The predicted octanol–water partition coefficient (Wildman–Crippen LogP) is 5.00. The Bertz CT molecular complexity index is 536. The Labute approximate surface area is 156 Å². The first-order valence-corrected chi connectivity index (χ1v) is 9.36. The molecule has 1 N–H and O–H groups in total. The average molecular weight is 362 g/mol. The van der Waals surface area contributed by atoms with E-state index in [-0.39, 0.29) is 11.5 Å². The number of carbonyl (C=O) groups excluding carboxylic acids is 1. The zero-order chi connectivity index (χ0) is 19.0. The van der Waals surface area contributed by atoms with Crippen LogP contribution in [0.3, 0.4) is 0 Å². The van der Waals surface area contributed by atoms with Crippen molar-refractivity contribution < 1.29 is 24.2 Å². The number of carboxylic acids is 1. The van der Waals surface area contributed by atoms with Crippen molar-refractivity contribution in [1.29, 1.82) is 0 Å². The summed E-state index contributed by atoms with van der Waals surface area (Å²) < 4.78 is 10.7. The molecule has 0 fully saturated rings. The second kappa shape index (κ2) is 13.9. The number of carbonyl (C=O) groups is 2. The molecule has 0 spiro atoms. The maximum absolute atomic E-state index is 11.6. The minimum absolute atomic E-state index is 0.150. The Hall–Kier alpha value is -2.30. The predicted molar refractivity (Wildman–Crippen MR) is 102 cm³/mol. The van der Waals surface area contributed by atoms with Gasteiger partial charge in [0.15, 0.2) is 0 Å². The summed E-state index contributed by atoms with van der Waals surface area (Å²) in [6.07, 6.45) is 10.9. The Kier molecular flexibility index (Phi) is 11.6. The largest absolute Gasteiger partial charge is 0.493 e. The monoisotopic (exact) mass is 362 g/mol. The Morgan fingerprint density at radius 3 is 2.23 bits per heavy atom. The number of unbranched alkanes of at least 4 members (excludes halogenated alkanes) is 6. The minimum atomic E-state index is -0.962. The fourth-order valence-electron chi connectivity index (χ4n) is 2.47. The highest BCUT2D eigenvalue weighted by Gasteiger charge is 2.04. The van der Waals surface area contributed by atoms with E-state index in [0.29, 0.717) is 31.8 Å². The van der Waals surface area contributed by atoms with Crippen molar-refractivity contribution in [3.63, 3.8) is 0 Å². The SMILES string of the molecule is C=CCCCCCCCCC(=O)OCCCOc1ccc(C(=O)O)cc1. The summed E-state index contributed by atoms with van der Waals surface area (Å²) in [6, 6.07) is 6.23. The van der Waals surface area contributed by atoms with E-state index in [4.69, 9.17) is 14.6 Å². The van der Waals surface area contributed by atoms with Crippen molar-refractivity contribution in [2.45, 2.75) is 57.8 Å². The number of carboxylic acid groups (broad SMARTS) is 1. The van der Waals surface area contributed by atoms with Crippen LogP contribution in [0, 0.1) is 0 Å². The van der Waals surface area contributed by atoms with Crippen molar-refractivity contribution in [2.24, 2.45) is 0 Å². The molecule has 144 valence electrons. The van der Waals surface area contributed by atoms with Crippen LogP contribution in [0.15, 0.2) is 36.9 Å². The van der Waals surface area contributed by atoms with Crippen LogP contribution in [-0.4, -0.2) is 30.3 Å². The van der Waals surface area contributed by atoms with Gasteiger partial charge in [0.25, 0.3) is 0 Å². The molecule has 0 heterocycles. The van der Waals surface area contributed by atoms with E-state index in [1.165, 1.54) is 37.8 Å². The maximum Gasteiger partial charge on any atom is 0.335 e. The number of hydrogen-bond donors (Lipinski definition) is 1. The van der Waals surface area contributed by atoms with Gasteiger partial charge < -0.3 is 14.6 Å². The third-order valence-electron chi connectivity index (χ3n) is 3.96. The van der Waals surface area contributed by atoms with Crippen LogP contribution in [-0.2, 0) is 9.53 Å². The molecule has 0 atom stereocenters. The average Bonchev–Trinajstić information content (AvgIpc) is 2.64. The zero-order valence-electron chi connectivity index (χ0n) is 15.5. The summed E-state index contributed by atoms with van der Waals surface area (Å²) in [4.78, 5) is 22.4. The molecule has 0 saturated carbocycles. The molecule has 0 aliphatic heterocycles. The molecule has 0 aliphatic rings. The summed E-state index contributed by atoms with van der Waals surface area (Å²) in [6.45, 7) is 4.47. The molecule has 5 nitrogen and oxygen atoms in total. The molecule has 0 aliphatic carbocycles. The Balaban J connectivity index is 1.96. The summed E-state index contributed by atoms with van der Waals surface area (Å²) in [5.74, 6) is -0.506. The fourth-order valence-corrected chi connectivity index (χ4v) is 2.47. The number of esters is 1. The van der Waals surface area contributed by atoms with Gasteiger partial charge in [0.05, 0.1) is 18.8 Å². The van der Waals surface area contributed by atoms with Crippen LogP contribution in [0.2, 0.25) is 0 Å². The molecule has 1 aromatic carbocycles. The van der Waals surface area contributed by atoms with Gasteiger partial charge in [-0.1, -0.05) is 31.8 Å². The van der Waals surface area contributed by atoms with Gasteiger partial charge in [-0.2, -0.15) is 0 Å². The van der Waals surface area contributed by atoms with Crippen molar-refractivity contribution in [1.82, 2.24) is 0 Å². The first-order valence-electron chi connectivity index (χ1n) is 9.36. The van der Waals surface area contributed by atoms with Gasteiger partial charge in [0.2, 0.25) is 0 Å². The van der Waals surface area contributed by atoms with E-state index in [0.717, 1.165) is 19.3 Å². The van der Waals surface area contributed by atoms with E-state index in [1.54, 1.807) is 12.1 Å². The standard InChI is InChI=1S/C21H30O5/c1-2-3-4-5-6-7-8-9-11-20(22)26-17-10-16-25-19-14-12-18(13-15-19)21(23)24/h2,12-15H,1,3-11,16-17H2,(H,23,24). The van der Waals surface area contributed by atoms with Gasteiger partial charge in [-0.3, -0.25) is 4.79 Å². The molecule has 0 unspecified atom stereocenters. The van der Waals surface area contributed by atoms with E-state index >= 15 is 0 Å². The summed E-state index contributed by atoms with van der Waals surface area (Å²) >= 11 is 0. The van der Waals surface area contributed by atoms with Crippen molar-refractivity contribution in [3.05, 3.63) is 42.5 Å². The number of aromatic carboxylic acids is 1. The molecule has 1 aromatic rings. The molecule has 0 amide bonds. The second-order valence-corrected chi connectivity index (χ2v) is 6.20. The van der Waals surface area contributed by atoms with Gasteiger partial charge in [0.1, 0.15) is 5.75 Å². The van der Waals surface area contributed by atoms with Crippen LogP contribution >= 0.6 is 0 Å². The molecular formula is C21H30O5. The van der Waals surface area contributed by atoms with E-state index < -0.39 is 5.97 Å². The number of rotatable bonds is 15. The first-order chi connectivity index (χ1) is 12.6. The highest BCUT2D eigenvalue weighted by molar-refractivity contribution is 5.87. The molecule has 5 heteroatoms. The highest BCUT2D eigenvalue weighted by atomic mass is 16.5. The zero-order valence-corrected chi connectivity index (χ0v) is 15.5. The lowest BCUT2D eigenvalue weighted by molar-refractivity contribution is -0.144. The van der Waals surface area contributed by atoms with Gasteiger partial charge in [-0.25, -0.2) is 4.79 Å². The maximum atomic E-state index is 11.6. The molecule has 0 bridgehead atoms. The van der Waals surface area contributed by atoms with Crippen LogP contribution in [0.4, 0.5) is 0 Å². The number of ether oxygens (including phenoxy) is 2. The molecular weight excluding hydrogens is 332 g/mol. The summed E-state index contributed by atoms with van der Waals surface area (Å²) in [5, 5.41) is 8.82. The lowest BCUT2D eigenvalue weighted by Gasteiger charge is -2.07. The van der Waals surface area contributed by atoms with Gasteiger partial charge in [-0.15, -0.1) is 6.58 Å². The van der Waals surface area contributed by atoms with Crippen LogP contribution in [0.25, 0.3) is 0 Å². The number of hydrogen-bond acceptors (Lipinski definition) is 4. The fraction of sp³-hybridized carbons (Fsp3) is 0.524. The van der Waals surface area contributed by atoms with E-state index in [9.17, 15) is 9.59 Å². The van der Waals surface area contributed by atoms with Crippen LogP contribution in [0.1, 0.15) is 68.1 Å². The van der Waals surface area contributed by atoms with Crippen LogP contribution in [0.5, 0.6) is 5.75 Å². The number of allylic oxidation sites excluding steroid dienone is 1. The smallest absolute Gasteiger partial charge is 0.335 e. The molecule has 0 radical (unpaired) electrons. The summed E-state index contributed by atoms with van der Waals surface area (Å²) in [5.41, 5.74) is 0.225. The number of benzene rings is 1. The molecule has 0 saturated heterocycles. The highest BCUT2D eigenvalue weighted by Crippen LogP contribution is 2.12.